The molecule has 0 spiro atoms. The van der Waals surface area contributed by atoms with Crippen LogP contribution in [0.3, 0.4) is 0 Å². The molecule has 0 atom stereocenters. The highest BCUT2D eigenvalue weighted by Crippen LogP contribution is 2.58. The summed E-state index contributed by atoms with van der Waals surface area (Å²) in [6.07, 6.45) is 1.24. The molecular formula is C22H22BrPS2. The fraction of sp³-hybridized carbons (Fsp3) is 0.182. The fourth-order valence-corrected chi connectivity index (χ4v) is 12.0. The molecule has 0 N–H and O–H groups in total. The van der Waals surface area contributed by atoms with Gasteiger partial charge in [0.2, 0.25) is 0 Å². The number of rotatable bonds is 5. The topological polar surface area (TPSA) is 0 Å². The smallest absolute Gasteiger partial charge is 0.114 e. The third-order valence-electron chi connectivity index (χ3n) is 4.70. The van der Waals surface area contributed by atoms with Crippen LogP contribution in [-0.4, -0.2) is 22.2 Å². The lowest BCUT2D eigenvalue weighted by Gasteiger charge is -2.29. The minimum absolute atomic E-state index is 0. The molecule has 1 aliphatic heterocycles. The third kappa shape index (κ3) is 4.07. The zero-order valence-corrected chi connectivity index (χ0v) is 18.6. The Kier molecular flexibility index (Phi) is 7.28. The van der Waals surface area contributed by atoms with E-state index in [1.54, 1.807) is 0 Å². The lowest BCUT2D eigenvalue weighted by atomic mass is 10.4. The third-order valence-corrected chi connectivity index (χ3v) is 12.7. The molecule has 4 rings (SSSR count). The van der Waals surface area contributed by atoms with Gasteiger partial charge < -0.3 is 17.0 Å². The van der Waals surface area contributed by atoms with Crippen LogP contribution in [0, 0.1) is 0 Å². The average molecular weight is 461 g/mol. The van der Waals surface area contributed by atoms with E-state index in [1.165, 1.54) is 33.6 Å². The Morgan fingerprint density at radius 1 is 0.615 bits per heavy atom. The summed E-state index contributed by atoms with van der Waals surface area (Å²) < 4.78 is 0.689. The molecule has 134 valence electrons. The number of thioether (sulfide) groups is 2. The van der Waals surface area contributed by atoms with Gasteiger partial charge in [-0.2, -0.15) is 0 Å². The Labute approximate surface area is 176 Å². The summed E-state index contributed by atoms with van der Waals surface area (Å²) in [7, 11) is -1.64. The summed E-state index contributed by atoms with van der Waals surface area (Å²) in [5.74, 6) is 2.57. The van der Waals surface area contributed by atoms with Gasteiger partial charge in [0.05, 0.1) is 10.7 Å². The van der Waals surface area contributed by atoms with Crippen LogP contribution in [0.2, 0.25) is 0 Å². The van der Waals surface area contributed by atoms with Gasteiger partial charge in [0.15, 0.2) is 0 Å². The molecule has 4 heteroatoms. The van der Waals surface area contributed by atoms with Crippen molar-refractivity contribution >= 4 is 46.7 Å². The van der Waals surface area contributed by atoms with Crippen LogP contribution in [0.5, 0.6) is 0 Å². The van der Waals surface area contributed by atoms with Gasteiger partial charge in [-0.05, 0) is 36.4 Å². The Morgan fingerprint density at radius 3 is 1.31 bits per heavy atom. The van der Waals surface area contributed by atoms with E-state index in [4.69, 9.17) is 0 Å². The molecule has 0 bridgehead atoms. The number of halogens is 1. The summed E-state index contributed by atoms with van der Waals surface area (Å²) in [4.78, 5) is 0. The molecule has 0 unspecified atom stereocenters. The SMILES string of the molecule is [Br-].c1ccc([P+](CC2SCCS2)(c2ccccc2)c2ccccc2)cc1. The second kappa shape index (κ2) is 9.46. The van der Waals surface area contributed by atoms with Gasteiger partial charge in [-0.3, -0.25) is 0 Å². The van der Waals surface area contributed by atoms with Crippen molar-refractivity contribution in [2.24, 2.45) is 0 Å². The molecule has 1 fully saturated rings. The predicted octanol–water partition coefficient (Wildman–Crippen LogP) is 1.79. The highest BCUT2D eigenvalue weighted by molar-refractivity contribution is 8.20. The maximum Gasteiger partial charge on any atom is 0.114 e. The minimum atomic E-state index is -1.64. The van der Waals surface area contributed by atoms with E-state index in [0.29, 0.717) is 4.58 Å². The molecule has 3 aromatic rings. The second-order valence-corrected chi connectivity index (χ2v) is 12.6. The molecule has 26 heavy (non-hydrogen) atoms. The van der Waals surface area contributed by atoms with Crippen LogP contribution < -0.4 is 32.9 Å². The molecule has 0 radical (unpaired) electrons. The number of hydrogen-bond donors (Lipinski definition) is 0. The normalized spacial score (nSPS) is 14.8. The van der Waals surface area contributed by atoms with Crippen molar-refractivity contribution in [1.29, 1.82) is 0 Å². The van der Waals surface area contributed by atoms with Crippen LogP contribution in [0.1, 0.15) is 0 Å². The van der Waals surface area contributed by atoms with Gasteiger partial charge in [-0.1, -0.05) is 54.6 Å². The molecule has 0 nitrogen and oxygen atoms in total. The van der Waals surface area contributed by atoms with E-state index in [-0.39, 0.29) is 17.0 Å². The first-order chi connectivity index (χ1) is 12.4. The summed E-state index contributed by atoms with van der Waals surface area (Å²) in [6, 6.07) is 33.7. The summed E-state index contributed by atoms with van der Waals surface area (Å²) in [5.41, 5.74) is 0. The second-order valence-electron chi connectivity index (χ2n) is 6.17. The fourth-order valence-electron chi connectivity index (χ4n) is 3.55. The number of hydrogen-bond acceptors (Lipinski definition) is 2. The molecule has 0 amide bonds. The maximum absolute atomic E-state index is 2.35. The van der Waals surface area contributed by atoms with Crippen molar-refractivity contribution < 1.29 is 17.0 Å². The molecule has 1 heterocycles. The Balaban J connectivity index is 0.00000196. The first-order valence-electron chi connectivity index (χ1n) is 8.68. The van der Waals surface area contributed by atoms with Crippen LogP contribution in [0.4, 0.5) is 0 Å². The summed E-state index contributed by atoms with van der Waals surface area (Å²) in [6.45, 7) is 0. The lowest BCUT2D eigenvalue weighted by Crippen LogP contribution is -3.00. The summed E-state index contributed by atoms with van der Waals surface area (Å²) in [5, 5.41) is 4.50. The predicted molar refractivity (Wildman–Crippen MR) is 119 cm³/mol. The number of benzene rings is 3. The van der Waals surface area contributed by atoms with Crippen LogP contribution in [-0.2, 0) is 0 Å². The van der Waals surface area contributed by atoms with E-state index in [0.717, 1.165) is 0 Å². The largest absolute Gasteiger partial charge is 1.00 e. The van der Waals surface area contributed by atoms with Gasteiger partial charge in [-0.15, -0.1) is 23.5 Å². The standard InChI is InChI=1S/C22H22PS2.BrH/c1-4-10-19(11-5-1)23(18-22-24-16-17-25-22,20-12-6-2-7-13-20)21-14-8-3-9-15-21;/h1-15,22H,16-18H2;1H/q+1;/p-1. The monoisotopic (exact) mass is 460 g/mol. The molecule has 3 aromatic carbocycles. The average Bonchev–Trinajstić information content (AvgIpc) is 3.21. The molecule has 0 aliphatic carbocycles. The van der Waals surface area contributed by atoms with E-state index >= 15 is 0 Å². The summed E-state index contributed by atoms with van der Waals surface area (Å²) >= 11 is 4.29. The van der Waals surface area contributed by atoms with Crippen molar-refractivity contribution in [2.45, 2.75) is 4.58 Å². The quantitative estimate of drug-likeness (QED) is 0.532. The lowest BCUT2D eigenvalue weighted by molar-refractivity contribution is -0.00000467. The molecule has 0 aromatic heterocycles. The van der Waals surface area contributed by atoms with E-state index < -0.39 is 7.26 Å². The van der Waals surface area contributed by atoms with Gasteiger partial charge in [-0.25, -0.2) is 0 Å². The van der Waals surface area contributed by atoms with Crippen LogP contribution in [0.25, 0.3) is 0 Å². The molecule has 1 aliphatic rings. The van der Waals surface area contributed by atoms with E-state index in [1.807, 2.05) is 0 Å². The van der Waals surface area contributed by atoms with E-state index in [9.17, 15) is 0 Å². The molecule has 0 saturated carbocycles. The maximum atomic E-state index is 2.35. The first kappa shape index (κ1) is 20.0. The van der Waals surface area contributed by atoms with Crippen molar-refractivity contribution in [2.75, 3.05) is 17.7 Å². The van der Waals surface area contributed by atoms with Crippen molar-refractivity contribution in [3.63, 3.8) is 0 Å². The Morgan fingerprint density at radius 2 is 0.962 bits per heavy atom. The molecule has 1 saturated heterocycles. The highest BCUT2D eigenvalue weighted by Gasteiger charge is 2.47. The van der Waals surface area contributed by atoms with Gasteiger partial charge >= 0.3 is 0 Å². The molecular weight excluding hydrogens is 439 g/mol. The van der Waals surface area contributed by atoms with Crippen LogP contribution >= 0.6 is 30.8 Å². The van der Waals surface area contributed by atoms with Gasteiger partial charge in [0.1, 0.15) is 23.2 Å². The Hall–Kier alpha value is -0.730. The first-order valence-corrected chi connectivity index (χ1v) is 12.7. The van der Waals surface area contributed by atoms with Gasteiger partial charge in [0, 0.05) is 11.5 Å². The van der Waals surface area contributed by atoms with E-state index in [2.05, 4.69) is 115 Å². The van der Waals surface area contributed by atoms with Gasteiger partial charge in [0.25, 0.3) is 0 Å². The zero-order chi connectivity index (χ0) is 17.0. The highest BCUT2D eigenvalue weighted by atomic mass is 79.9. The van der Waals surface area contributed by atoms with Crippen molar-refractivity contribution in [3.8, 4) is 0 Å². The zero-order valence-electron chi connectivity index (χ0n) is 14.5. The van der Waals surface area contributed by atoms with Crippen molar-refractivity contribution in [3.05, 3.63) is 91.0 Å². The minimum Gasteiger partial charge on any atom is -1.00 e. The Bertz CT molecular complexity index is 693. The van der Waals surface area contributed by atoms with Crippen LogP contribution in [0.15, 0.2) is 91.0 Å². The van der Waals surface area contributed by atoms with Crippen molar-refractivity contribution in [1.82, 2.24) is 0 Å².